The van der Waals surface area contributed by atoms with Crippen LogP contribution >= 0.6 is 0 Å². The first-order chi connectivity index (χ1) is 15.5. The summed E-state index contributed by atoms with van der Waals surface area (Å²) in [5.74, 6) is 1.21. The number of hydrogen-bond acceptors (Lipinski definition) is 5. The summed E-state index contributed by atoms with van der Waals surface area (Å²) >= 11 is 0. The van der Waals surface area contributed by atoms with Crippen LogP contribution in [0.3, 0.4) is 0 Å². The fourth-order valence-corrected chi connectivity index (χ4v) is 4.46. The van der Waals surface area contributed by atoms with Crippen LogP contribution < -0.4 is 10.1 Å². The number of carbonyl (C=O) groups excluding carboxylic acids is 2. The lowest BCUT2D eigenvalue weighted by Crippen LogP contribution is -2.49. The molecule has 32 heavy (non-hydrogen) atoms. The van der Waals surface area contributed by atoms with E-state index in [4.69, 9.17) is 9.15 Å². The monoisotopic (exact) mass is 441 g/mol. The first kappa shape index (κ1) is 23.9. The Morgan fingerprint density at radius 1 is 1.28 bits per heavy atom. The third kappa shape index (κ3) is 5.33. The molecule has 2 heterocycles. The topological polar surface area (TPSA) is 75.0 Å². The van der Waals surface area contributed by atoms with Crippen molar-refractivity contribution in [2.24, 2.45) is 5.92 Å². The summed E-state index contributed by atoms with van der Waals surface area (Å²) in [6.07, 6.45) is 4.41. The number of amides is 2. The second kappa shape index (κ2) is 11.2. The van der Waals surface area contributed by atoms with E-state index in [-0.39, 0.29) is 29.8 Å². The first-order valence-electron chi connectivity index (χ1n) is 11.4. The number of piperidine rings is 1. The summed E-state index contributed by atoms with van der Waals surface area (Å²) in [5.41, 5.74) is 0.884. The second-order valence-electron chi connectivity index (χ2n) is 8.51. The molecule has 0 saturated carbocycles. The zero-order valence-corrected chi connectivity index (χ0v) is 19.5. The number of hydrogen-bond donors (Lipinski definition) is 1. The van der Waals surface area contributed by atoms with Crippen molar-refractivity contribution in [1.82, 2.24) is 15.1 Å². The lowest BCUT2D eigenvalue weighted by Gasteiger charge is -2.41. The predicted octanol–water partition coefficient (Wildman–Crippen LogP) is 3.79. The molecule has 0 spiro atoms. The molecule has 0 bridgehead atoms. The highest BCUT2D eigenvalue weighted by Gasteiger charge is 2.41. The average Bonchev–Trinajstić information content (AvgIpc) is 3.32. The summed E-state index contributed by atoms with van der Waals surface area (Å²) in [5, 5.41) is 3.13. The van der Waals surface area contributed by atoms with E-state index in [1.165, 1.54) is 0 Å². The number of para-hydroxylation sites is 1. The molecule has 1 aliphatic rings. The molecule has 0 aliphatic carbocycles. The Kier molecular flexibility index (Phi) is 8.33. The van der Waals surface area contributed by atoms with Crippen LogP contribution in [0, 0.1) is 5.92 Å². The van der Waals surface area contributed by atoms with Gasteiger partial charge >= 0.3 is 0 Å². The van der Waals surface area contributed by atoms with Crippen molar-refractivity contribution >= 4 is 11.8 Å². The molecule has 0 radical (unpaired) electrons. The number of methoxy groups -OCH3 is 1. The Hall–Kier alpha value is -2.80. The van der Waals surface area contributed by atoms with Gasteiger partial charge in [0.05, 0.1) is 31.4 Å². The number of rotatable bonds is 10. The maximum atomic E-state index is 13.5. The lowest BCUT2D eigenvalue weighted by atomic mass is 9.83. The van der Waals surface area contributed by atoms with Gasteiger partial charge in [-0.15, -0.1) is 0 Å². The Labute approximate surface area is 190 Å². The summed E-state index contributed by atoms with van der Waals surface area (Å²) in [7, 11) is 5.55. The third-order valence-corrected chi connectivity index (χ3v) is 6.22. The Balaban J connectivity index is 1.86. The maximum absolute atomic E-state index is 13.5. The largest absolute Gasteiger partial charge is 0.496 e. The molecule has 174 valence electrons. The van der Waals surface area contributed by atoms with E-state index in [9.17, 15) is 9.59 Å². The fraction of sp³-hybridized carbons (Fsp3) is 0.520. The molecule has 3 rings (SSSR count). The van der Waals surface area contributed by atoms with Gasteiger partial charge in [-0.05, 0) is 45.1 Å². The molecule has 3 atom stereocenters. The molecule has 7 nitrogen and oxygen atoms in total. The third-order valence-electron chi connectivity index (χ3n) is 6.22. The van der Waals surface area contributed by atoms with Gasteiger partial charge < -0.3 is 19.4 Å². The van der Waals surface area contributed by atoms with Gasteiger partial charge in [0, 0.05) is 25.1 Å². The van der Waals surface area contributed by atoms with Crippen LogP contribution in [0.1, 0.15) is 56.0 Å². The molecular weight excluding hydrogens is 406 g/mol. The lowest BCUT2D eigenvalue weighted by molar-refractivity contribution is -0.143. The Bertz CT molecular complexity index is 881. The quantitative estimate of drug-likeness (QED) is 0.607. The molecule has 1 fully saturated rings. The highest BCUT2D eigenvalue weighted by atomic mass is 16.5. The van der Waals surface area contributed by atoms with Crippen molar-refractivity contribution in [3.05, 3.63) is 54.0 Å². The zero-order valence-electron chi connectivity index (χ0n) is 19.5. The van der Waals surface area contributed by atoms with Gasteiger partial charge in [0.15, 0.2) is 0 Å². The number of likely N-dealkylation sites (N-methyl/N-ethyl adjacent to an activating group) is 1. The first-order valence-corrected chi connectivity index (χ1v) is 11.4. The molecule has 1 aromatic heterocycles. The standard InChI is InChI=1S/C25H35N3O4/c1-5-6-15-28-23(29)14-13-19(24(28)18-10-7-8-11-21(18)31-4)25(30)26-17-20(27(2)3)22-12-9-16-32-22/h7-12,16,19-20,24H,5-6,13-15,17H2,1-4H3,(H,26,30). The smallest absolute Gasteiger partial charge is 0.225 e. The number of ether oxygens (including phenoxy) is 1. The number of likely N-dealkylation sites (tertiary alicyclic amines) is 1. The van der Waals surface area contributed by atoms with Crippen molar-refractivity contribution in [1.29, 1.82) is 0 Å². The van der Waals surface area contributed by atoms with Gasteiger partial charge in [-0.2, -0.15) is 0 Å². The summed E-state index contributed by atoms with van der Waals surface area (Å²) in [6, 6.07) is 11.0. The number of benzene rings is 1. The van der Waals surface area contributed by atoms with E-state index in [2.05, 4.69) is 12.2 Å². The van der Waals surface area contributed by atoms with E-state index in [0.717, 1.165) is 24.2 Å². The predicted molar refractivity (Wildman–Crippen MR) is 123 cm³/mol. The summed E-state index contributed by atoms with van der Waals surface area (Å²) in [4.78, 5) is 30.3. The van der Waals surface area contributed by atoms with Gasteiger partial charge in [-0.3, -0.25) is 14.5 Å². The van der Waals surface area contributed by atoms with Crippen LogP contribution in [0.4, 0.5) is 0 Å². The molecule has 1 N–H and O–H groups in total. The Morgan fingerprint density at radius 3 is 2.72 bits per heavy atom. The number of nitrogens with zero attached hydrogens (tertiary/aromatic N) is 2. The maximum Gasteiger partial charge on any atom is 0.225 e. The van der Waals surface area contributed by atoms with Crippen LogP contribution in [-0.2, 0) is 9.59 Å². The van der Waals surface area contributed by atoms with Crippen molar-refractivity contribution in [3.8, 4) is 5.75 Å². The molecule has 1 saturated heterocycles. The molecular formula is C25H35N3O4. The van der Waals surface area contributed by atoms with E-state index >= 15 is 0 Å². The van der Waals surface area contributed by atoms with Gasteiger partial charge in [0.1, 0.15) is 11.5 Å². The van der Waals surface area contributed by atoms with Gasteiger partial charge in [-0.1, -0.05) is 31.5 Å². The molecule has 3 unspecified atom stereocenters. The number of carbonyl (C=O) groups is 2. The highest BCUT2D eigenvalue weighted by molar-refractivity contribution is 5.85. The van der Waals surface area contributed by atoms with E-state index in [1.54, 1.807) is 13.4 Å². The number of nitrogens with one attached hydrogen (secondary N) is 1. The van der Waals surface area contributed by atoms with Crippen LogP contribution in [0.5, 0.6) is 5.75 Å². The van der Waals surface area contributed by atoms with Crippen LogP contribution in [-0.4, -0.2) is 55.9 Å². The fourth-order valence-electron chi connectivity index (χ4n) is 4.46. The number of unbranched alkanes of at least 4 members (excludes halogenated alkanes) is 1. The molecule has 7 heteroatoms. The van der Waals surface area contributed by atoms with Crippen molar-refractivity contribution < 1.29 is 18.7 Å². The van der Waals surface area contributed by atoms with E-state index in [0.29, 0.717) is 31.7 Å². The van der Waals surface area contributed by atoms with Crippen molar-refractivity contribution in [3.63, 3.8) is 0 Å². The summed E-state index contributed by atoms with van der Waals surface area (Å²) in [6.45, 7) is 3.17. The SMILES string of the molecule is CCCCN1C(=O)CCC(C(=O)NCC(c2ccco2)N(C)C)C1c1ccccc1OC. The van der Waals surface area contributed by atoms with Gasteiger partial charge in [-0.25, -0.2) is 0 Å². The van der Waals surface area contributed by atoms with Crippen molar-refractivity contribution in [2.75, 3.05) is 34.3 Å². The zero-order chi connectivity index (χ0) is 23.1. The minimum absolute atomic E-state index is 0.0479. The molecule has 2 aromatic rings. The Morgan fingerprint density at radius 2 is 2.06 bits per heavy atom. The van der Waals surface area contributed by atoms with E-state index in [1.807, 2.05) is 60.3 Å². The van der Waals surface area contributed by atoms with Crippen molar-refractivity contribution in [2.45, 2.75) is 44.7 Å². The summed E-state index contributed by atoms with van der Waals surface area (Å²) < 4.78 is 11.2. The van der Waals surface area contributed by atoms with Crippen LogP contribution in [0.2, 0.25) is 0 Å². The van der Waals surface area contributed by atoms with E-state index < -0.39 is 0 Å². The van der Waals surface area contributed by atoms with Crippen LogP contribution in [0.25, 0.3) is 0 Å². The second-order valence-corrected chi connectivity index (χ2v) is 8.51. The molecule has 2 amide bonds. The molecule has 1 aliphatic heterocycles. The average molecular weight is 442 g/mol. The van der Waals surface area contributed by atoms with Gasteiger partial charge in [0.25, 0.3) is 0 Å². The number of furan rings is 1. The highest BCUT2D eigenvalue weighted by Crippen LogP contribution is 2.41. The normalized spacial score (nSPS) is 19.8. The molecule has 1 aromatic carbocycles. The van der Waals surface area contributed by atoms with Gasteiger partial charge in [0.2, 0.25) is 11.8 Å². The minimum Gasteiger partial charge on any atom is -0.496 e. The van der Waals surface area contributed by atoms with Crippen LogP contribution in [0.15, 0.2) is 47.1 Å². The minimum atomic E-state index is -0.347.